The van der Waals surface area contributed by atoms with Gasteiger partial charge in [-0.15, -0.1) is 5.10 Å². The Morgan fingerprint density at radius 2 is 1.52 bits per heavy atom. The molecule has 0 fully saturated rings. The number of nitrogens with zero attached hydrogens (tertiary/aromatic N) is 7. The number of nitro benzene ring substituents is 1. The van der Waals surface area contributed by atoms with Crippen LogP contribution in [0, 0.1) is 10.1 Å². The molecule has 302 valence electrons. The summed E-state index contributed by atoms with van der Waals surface area (Å²) in [7, 11) is 0. The van der Waals surface area contributed by atoms with E-state index in [1.165, 1.54) is 68.5 Å². The average Bonchev–Trinajstić information content (AvgIpc) is 3.84. The van der Waals surface area contributed by atoms with Crippen molar-refractivity contribution in [2.75, 3.05) is 6.54 Å². The minimum Gasteiger partial charge on any atom is -0.506 e. The number of phenolic OH excluding ortho intramolecular Hbond substituents is 1. The van der Waals surface area contributed by atoms with E-state index in [2.05, 4.69) is 27.8 Å². The molecular weight excluding hydrogens is 761 g/mol. The van der Waals surface area contributed by atoms with E-state index in [9.17, 15) is 24.8 Å². The molecule has 1 amide bonds. The lowest BCUT2D eigenvalue weighted by atomic mass is 10.0. The molecule has 0 aliphatic carbocycles. The molecule has 6 rings (SSSR count). The normalized spacial score (nSPS) is 11.2. The molecule has 0 saturated heterocycles. The number of aromatic hydroxyl groups is 1. The molecule has 0 saturated carbocycles. The predicted molar refractivity (Wildman–Crippen MR) is 220 cm³/mol. The molecule has 0 aliphatic heterocycles. The van der Waals surface area contributed by atoms with Crippen molar-refractivity contribution in [3.05, 3.63) is 112 Å². The number of hydrogen-bond donors (Lipinski definition) is 3. The summed E-state index contributed by atoms with van der Waals surface area (Å²) in [5, 5.41) is 53.5. The summed E-state index contributed by atoms with van der Waals surface area (Å²) < 4.78 is 10.1. The van der Waals surface area contributed by atoms with Crippen molar-refractivity contribution in [3.8, 4) is 28.8 Å². The van der Waals surface area contributed by atoms with Gasteiger partial charge in [0.15, 0.2) is 0 Å². The fourth-order valence-electron chi connectivity index (χ4n) is 6.63. The number of aliphatic carboxylic acids is 1. The molecule has 0 unspecified atom stereocenters. The van der Waals surface area contributed by atoms with Crippen molar-refractivity contribution < 1.29 is 29.5 Å². The number of non-ortho nitro benzene ring substituents is 1. The fourth-order valence-corrected chi connectivity index (χ4v) is 7.55. The van der Waals surface area contributed by atoms with Crippen LogP contribution >= 0.6 is 11.8 Å². The number of unbranched alkanes of at least 4 members (excludes halogenated alkanes) is 8. The lowest BCUT2D eigenvalue weighted by molar-refractivity contribution is -0.384. The number of thioether (sulfide) groups is 1. The van der Waals surface area contributed by atoms with E-state index >= 15 is 0 Å². The molecule has 16 heteroatoms. The number of amides is 1. The summed E-state index contributed by atoms with van der Waals surface area (Å²) >= 11 is 1.39. The Morgan fingerprint density at radius 3 is 2.21 bits per heavy atom. The van der Waals surface area contributed by atoms with Crippen molar-refractivity contribution in [1.82, 2.24) is 35.3 Å². The maximum absolute atomic E-state index is 13.4. The largest absolute Gasteiger partial charge is 0.506 e. The summed E-state index contributed by atoms with van der Waals surface area (Å²) in [6.07, 6.45) is 10.7. The fraction of sp³-hybridized carbons (Fsp3) is 0.333. The number of benzene rings is 4. The van der Waals surface area contributed by atoms with Crippen LogP contribution in [-0.2, 0) is 17.0 Å². The van der Waals surface area contributed by atoms with E-state index in [0.717, 1.165) is 36.2 Å². The highest BCUT2D eigenvalue weighted by molar-refractivity contribution is 7.98. The van der Waals surface area contributed by atoms with E-state index < -0.39 is 16.8 Å². The number of hydrogen-bond acceptors (Lipinski definition) is 11. The quantitative estimate of drug-likeness (QED) is 0.0255. The zero-order chi connectivity index (χ0) is 40.9. The van der Waals surface area contributed by atoms with Crippen LogP contribution in [0.5, 0.6) is 17.4 Å². The number of tetrazole rings is 1. The van der Waals surface area contributed by atoms with Crippen LogP contribution in [-0.4, -0.2) is 63.5 Å². The van der Waals surface area contributed by atoms with E-state index in [4.69, 9.17) is 14.9 Å². The first-order chi connectivity index (χ1) is 28.2. The topological polar surface area (TPSA) is 200 Å². The first-order valence-electron chi connectivity index (χ1n) is 19.5. The van der Waals surface area contributed by atoms with Gasteiger partial charge in [0.1, 0.15) is 11.5 Å². The van der Waals surface area contributed by atoms with Crippen LogP contribution in [0.25, 0.3) is 22.1 Å². The van der Waals surface area contributed by atoms with E-state index in [1.54, 1.807) is 45.8 Å². The van der Waals surface area contributed by atoms with Crippen LogP contribution in [0.4, 0.5) is 5.69 Å². The number of carbonyl (C=O) groups excluding carboxylic acids is 1. The van der Waals surface area contributed by atoms with Crippen LogP contribution in [0.3, 0.4) is 0 Å². The molecule has 0 aliphatic rings. The average molecular weight is 807 g/mol. The van der Waals surface area contributed by atoms with E-state index in [1.807, 2.05) is 30.3 Å². The SMILES string of the molecule is CCCCCCCCCCCc1nn(-c2ccc([N+](=O)[O-])cc2)c(Oc2cc(C(=O)NCCC(=O)O)c(O)c3ccccc23)c1CSc1nnnn1-c1ccccc1. The minimum atomic E-state index is -1.08. The van der Waals surface area contributed by atoms with Gasteiger partial charge >= 0.3 is 5.97 Å². The summed E-state index contributed by atoms with van der Waals surface area (Å²) in [5.74, 6) is -1.18. The maximum Gasteiger partial charge on any atom is 0.305 e. The highest BCUT2D eigenvalue weighted by Gasteiger charge is 2.26. The van der Waals surface area contributed by atoms with E-state index in [0.29, 0.717) is 39.7 Å². The molecule has 0 radical (unpaired) electrons. The first-order valence-corrected chi connectivity index (χ1v) is 20.5. The second kappa shape index (κ2) is 20.2. The smallest absolute Gasteiger partial charge is 0.305 e. The van der Waals surface area contributed by atoms with Gasteiger partial charge in [-0.1, -0.05) is 113 Å². The van der Waals surface area contributed by atoms with Gasteiger partial charge in [-0.3, -0.25) is 19.7 Å². The van der Waals surface area contributed by atoms with Gasteiger partial charge in [-0.2, -0.15) is 9.78 Å². The molecule has 3 N–H and O–H groups in total. The highest BCUT2D eigenvalue weighted by atomic mass is 32.2. The van der Waals surface area contributed by atoms with Crippen LogP contribution in [0.15, 0.2) is 90.1 Å². The molecule has 0 spiro atoms. The van der Waals surface area contributed by atoms with Crippen LogP contribution in [0.2, 0.25) is 0 Å². The van der Waals surface area contributed by atoms with Crippen molar-refractivity contribution in [1.29, 1.82) is 0 Å². The number of carboxylic acid groups (broad SMARTS) is 1. The zero-order valence-electron chi connectivity index (χ0n) is 32.2. The van der Waals surface area contributed by atoms with Gasteiger partial charge in [0.05, 0.1) is 34.0 Å². The number of carboxylic acids is 1. The summed E-state index contributed by atoms with van der Waals surface area (Å²) in [4.78, 5) is 35.6. The number of nitro groups is 1. The van der Waals surface area contributed by atoms with Gasteiger partial charge in [0, 0.05) is 40.8 Å². The minimum absolute atomic E-state index is 0.0834. The molecule has 0 bridgehead atoms. The molecule has 0 atom stereocenters. The Kier molecular flexibility index (Phi) is 14.4. The molecule has 4 aromatic carbocycles. The van der Waals surface area contributed by atoms with Gasteiger partial charge in [0.2, 0.25) is 11.0 Å². The van der Waals surface area contributed by atoms with Crippen LogP contribution in [0.1, 0.15) is 92.7 Å². The van der Waals surface area contributed by atoms with Crippen molar-refractivity contribution in [2.45, 2.75) is 88.5 Å². The Labute approximate surface area is 339 Å². The predicted octanol–water partition coefficient (Wildman–Crippen LogP) is 8.98. The monoisotopic (exact) mass is 806 g/mol. The highest BCUT2D eigenvalue weighted by Crippen LogP contribution is 2.41. The number of fused-ring (bicyclic) bond motifs is 1. The third kappa shape index (κ3) is 10.4. The molecule has 58 heavy (non-hydrogen) atoms. The zero-order valence-corrected chi connectivity index (χ0v) is 33.1. The molecule has 15 nitrogen and oxygen atoms in total. The van der Waals surface area contributed by atoms with Gasteiger partial charge in [-0.25, -0.2) is 4.68 Å². The number of aromatic nitrogens is 6. The standard InChI is InChI=1S/C42H46N8O7S/c1-2-3-4-5-6-7-8-9-13-20-36-35(28-58-42-44-46-47-49(42)29-16-11-10-12-17-29)41(48(45-36)30-21-23-31(24-22-30)50(55)56)57-37-27-34(40(54)43-26-25-38(51)52)39(53)33-19-15-14-18-32(33)37/h10-12,14-19,21-24,27,53H,2-9,13,20,25-26,28H2,1H3,(H,43,54)(H,51,52). The number of carbonyl (C=O) groups is 2. The lowest BCUT2D eigenvalue weighted by Crippen LogP contribution is -2.26. The maximum atomic E-state index is 13.4. The van der Waals surface area contributed by atoms with Crippen molar-refractivity contribution >= 4 is 40.1 Å². The molecule has 2 aromatic heterocycles. The van der Waals surface area contributed by atoms with E-state index in [-0.39, 0.29) is 35.7 Å². The van der Waals surface area contributed by atoms with Gasteiger partial charge < -0.3 is 20.3 Å². The lowest BCUT2D eigenvalue weighted by Gasteiger charge is -2.16. The van der Waals surface area contributed by atoms with Gasteiger partial charge in [0.25, 0.3) is 11.6 Å². The number of ether oxygens (including phenoxy) is 1. The second-order valence-corrected chi connectivity index (χ2v) is 14.8. The molecule has 2 heterocycles. The van der Waals surface area contributed by atoms with Crippen molar-refractivity contribution in [2.24, 2.45) is 0 Å². The Balaban J connectivity index is 1.41. The molecule has 6 aromatic rings. The Bertz CT molecular complexity index is 2330. The Morgan fingerprint density at radius 1 is 0.862 bits per heavy atom. The summed E-state index contributed by atoms with van der Waals surface area (Å²) in [5.41, 5.74) is 2.60. The number of para-hydroxylation sites is 1. The number of aryl methyl sites for hydroxylation is 1. The van der Waals surface area contributed by atoms with Crippen LogP contribution < -0.4 is 10.1 Å². The van der Waals surface area contributed by atoms with Gasteiger partial charge in [-0.05, 0) is 53.6 Å². The number of rotatable bonds is 22. The third-order valence-electron chi connectivity index (χ3n) is 9.68. The second-order valence-electron chi connectivity index (χ2n) is 13.8. The number of nitrogens with one attached hydrogen (secondary N) is 1. The van der Waals surface area contributed by atoms with Crippen molar-refractivity contribution in [3.63, 3.8) is 0 Å². The summed E-state index contributed by atoms with van der Waals surface area (Å²) in [6.45, 7) is 2.07. The first kappa shape index (κ1) is 41.3. The Hall–Kier alpha value is -6.29. The summed E-state index contributed by atoms with van der Waals surface area (Å²) in [6, 6.07) is 23.9. The number of phenols is 1. The third-order valence-corrected chi connectivity index (χ3v) is 10.6. The molecular formula is C42H46N8O7S.